The lowest BCUT2D eigenvalue weighted by Crippen LogP contribution is -2.60. The number of amides is 1. The van der Waals surface area contributed by atoms with E-state index in [4.69, 9.17) is 9.47 Å². The number of nitrogens with one attached hydrogen (secondary N) is 1. The van der Waals surface area contributed by atoms with Crippen molar-refractivity contribution in [2.75, 3.05) is 13.2 Å². The van der Waals surface area contributed by atoms with E-state index in [2.05, 4.69) is 31.3 Å². The van der Waals surface area contributed by atoms with E-state index in [-0.39, 0.29) is 12.5 Å². The molecule has 45 heavy (non-hydrogen) atoms. The predicted octanol–water partition coefficient (Wildman–Crippen LogP) is 5.60. The van der Waals surface area contributed by atoms with Gasteiger partial charge in [0.25, 0.3) is 0 Å². The number of hydrogen-bond acceptors (Lipinski definition) is 8. The summed E-state index contributed by atoms with van der Waals surface area (Å²) < 4.78 is 11.1. The Kier molecular flexibility index (Phi) is 25.7. The van der Waals surface area contributed by atoms with Gasteiger partial charge in [-0.15, -0.1) is 0 Å². The molecule has 0 spiro atoms. The highest BCUT2D eigenvalue weighted by Crippen LogP contribution is 2.22. The molecule has 7 unspecified atom stereocenters. The lowest BCUT2D eigenvalue weighted by atomic mass is 9.99. The number of aliphatic hydroxyl groups excluding tert-OH is 5. The van der Waals surface area contributed by atoms with Crippen LogP contribution in [0.15, 0.2) is 24.3 Å². The SMILES string of the molecule is CCCCCCCC/C=C\CCCCCC(=O)NC(COC1OC(CO)C(O)C(O)C1O)C(O)/C=C/CCCCCCCCC. The van der Waals surface area contributed by atoms with E-state index in [0.717, 1.165) is 51.4 Å². The third kappa shape index (κ3) is 19.8. The summed E-state index contributed by atoms with van der Waals surface area (Å²) in [4.78, 5) is 12.8. The first kappa shape index (κ1) is 41.7. The molecular weight excluding hydrogens is 574 g/mol. The first-order valence-corrected chi connectivity index (χ1v) is 18.1. The average Bonchev–Trinajstić information content (AvgIpc) is 3.04. The molecule has 0 aromatic carbocycles. The van der Waals surface area contributed by atoms with E-state index in [9.17, 15) is 30.3 Å². The second-order valence-corrected chi connectivity index (χ2v) is 12.7. The van der Waals surface area contributed by atoms with Crippen LogP contribution >= 0.6 is 0 Å². The molecule has 7 atom stereocenters. The first-order valence-electron chi connectivity index (χ1n) is 18.1. The van der Waals surface area contributed by atoms with Crippen LogP contribution in [-0.2, 0) is 14.3 Å². The van der Waals surface area contributed by atoms with Crippen molar-refractivity contribution in [3.63, 3.8) is 0 Å². The summed E-state index contributed by atoms with van der Waals surface area (Å²) in [5, 5.41) is 53.7. The molecule has 1 saturated heterocycles. The Balaban J connectivity index is 2.50. The Morgan fingerprint density at radius 2 is 1.24 bits per heavy atom. The number of allylic oxidation sites excluding steroid dienone is 3. The van der Waals surface area contributed by atoms with E-state index in [1.165, 1.54) is 70.6 Å². The highest BCUT2D eigenvalue weighted by atomic mass is 16.7. The van der Waals surface area contributed by atoms with Crippen molar-refractivity contribution >= 4 is 5.91 Å². The summed E-state index contributed by atoms with van der Waals surface area (Å²) >= 11 is 0. The smallest absolute Gasteiger partial charge is 0.220 e. The molecule has 6 N–H and O–H groups in total. The standard InChI is InChI=1S/C36H67NO8/c1-3-5-7-9-11-13-14-15-16-18-20-22-24-26-32(40)37-29(30(39)25-23-21-19-17-12-10-8-6-4-2)28-44-36-35(43)34(42)33(41)31(27-38)45-36/h15-16,23,25,29-31,33-36,38-39,41-43H,3-14,17-22,24,26-28H2,1-2H3,(H,37,40)/b16-15-,25-23+. The van der Waals surface area contributed by atoms with Crippen LogP contribution in [0.2, 0.25) is 0 Å². The zero-order valence-electron chi connectivity index (χ0n) is 28.4. The number of rotatable bonds is 28. The molecule has 9 nitrogen and oxygen atoms in total. The van der Waals surface area contributed by atoms with Crippen LogP contribution in [0.4, 0.5) is 0 Å². The van der Waals surface area contributed by atoms with Crippen LogP contribution < -0.4 is 5.32 Å². The molecule has 0 bridgehead atoms. The summed E-state index contributed by atoms with van der Waals surface area (Å²) in [7, 11) is 0. The molecule has 0 radical (unpaired) electrons. The zero-order chi connectivity index (χ0) is 33.1. The molecule has 0 aliphatic carbocycles. The lowest BCUT2D eigenvalue weighted by molar-refractivity contribution is -0.302. The fraction of sp³-hybridized carbons (Fsp3) is 0.861. The van der Waals surface area contributed by atoms with Gasteiger partial charge in [0.2, 0.25) is 5.91 Å². The van der Waals surface area contributed by atoms with Crippen LogP contribution in [0, 0.1) is 0 Å². The molecular formula is C36H67NO8. The maximum absolute atomic E-state index is 12.8. The Labute approximate surface area is 273 Å². The van der Waals surface area contributed by atoms with Crippen LogP contribution in [-0.4, -0.2) is 87.5 Å². The fourth-order valence-corrected chi connectivity index (χ4v) is 5.50. The Morgan fingerprint density at radius 3 is 1.80 bits per heavy atom. The van der Waals surface area contributed by atoms with Gasteiger partial charge in [0.05, 0.1) is 25.4 Å². The number of unbranched alkanes of at least 4 members (excludes halogenated alkanes) is 16. The molecule has 1 aliphatic rings. The van der Waals surface area contributed by atoms with Gasteiger partial charge in [0.15, 0.2) is 6.29 Å². The first-order chi connectivity index (χ1) is 21.8. The van der Waals surface area contributed by atoms with E-state index in [0.29, 0.717) is 6.42 Å². The molecule has 0 aromatic rings. The van der Waals surface area contributed by atoms with Gasteiger partial charge in [-0.25, -0.2) is 0 Å². The monoisotopic (exact) mass is 641 g/mol. The van der Waals surface area contributed by atoms with E-state index in [1.807, 2.05) is 6.08 Å². The minimum absolute atomic E-state index is 0.194. The van der Waals surface area contributed by atoms with E-state index >= 15 is 0 Å². The van der Waals surface area contributed by atoms with Crippen molar-refractivity contribution in [1.82, 2.24) is 5.32 Å². The molecule has 0 aromatic heterocycles. The topological polar surface area (TPSA) is 149 Å². The van der Waals surface area contributed by atoms with Crippen LogP contribution in [0.1, 0.15) is 142 Å². The maximum atomic E-state index is 12.8. The van der Waals surface area contributed by atoms with Gasteiger partial charge >= 0.3 is 0 Å². The highest BCUT2D eigenvalue weighted by molar-refractivity contribution is 5.76. The molecule has 1 rings (SSSR count). The van der Waals surface area contributed by atoms with Crippen LogP contribution in [0.25, 0.3) is 0 Å². The third-order valence-corrected chi connectivity index (χ3v) is 8.52. The maximum Gasteiger partial charge on any atom is 0.220 e. The van der Waals surface area contributed by atoms with Gasteiger partial charge < -0.3 is 40.3 Å². The van der Waals surface area contributed by atoms with Gasteiger partial charge in [-0.1, -0.05) is 115 Å². The number of aliphatic hydroxyl groups is 5. The summed E-state index contributed by atoms with van der Waals surface area (Å²) in [5.41, 5.74) is 0. The van der Waals surface area contributed by atoms with Gasteiger partial charge in [-0.2, -0.15) is 0 Å². The third-order valence-electron chi connectivity index (χ3n) is 8.52. The molecule has 1 fully saturated rings. The molecule has 1 aliphatic heterocycles. The van der Waals surface area contributed by atoms with Crippen molar-refractivity contribution in [2.45, 2.75) is 185 Å². The molecule has 9 heteroatoms. The van der Waals surface area contributed by atoms with Gasteiger partial charge in [0, 0.05) is 6.42 Å². The summed E-state index contributed by atoms with van der Waals surface area (Å²) in [6.07, 6.45) is 22.3. The van der Waals surface area contributed by atoms with Crippen molar-refractivity contribution in [3.05, 3.63) is 24.3 Å². The minimum Gasteiger partial charge on any atom is -0.394 e. The quantitative estimate of drug-likeness (QED) is 0.0478. The van der Waals surface area contributed by atoms with Gasteiger partial charge in [-0.3, -0.25) is 4.79 Å². The molecule has 1 heterocycles. The molecule has 0 saturated carbocycles. The van der Waals surface area contributed by atoms with Crippen molar-refractivity contribution in [2.24, 2.45) is 0 Å². The largest absolute Gasteiger partial charge is 0.394 e. The summed E-state index contributed by atoms with van der Waals surface area (Å²) in [6.45, 7) is 3.68. The van der Waals surface area contributed by atoms with Crippen molar-refractivity contribution in [3.8, 4) is 0 Å². The van der Waals surface area contributed by atoms with E-state index in [1.54, 1.807) is 6.08 Å². The highest BCUT2D eigenvalue weighted by Gasteiger charge is 2.44. The molecule has 1 amide bonds. The number of ether oxygens (including phenoxy) is 2. The Hall–Kier alpha value is -1.33. The minimum atomic E-state index is -1.56. The van der Waals surface area contributed by atoms with Crippen LogP contribution in [0.5, 0.6) is 0 Å². The number of carbonyl (C=O) groups excluding carboxylic acids is 1. The van der Waals surface area contributed by atoms with Crippen molar-refractivity contribution in [1.29, 1.82) is 0 Å². The second kappa shape index (κ2) is 27.8. The Bertz CT molecular complexity index is 761. The number of carbonyl (C=O) groups is 1. The van der Waals surface area contributed by atoms with Gasteiger partial charge in [0.1, 0.15) is 24.4 Å². The lowest BCUT2D eigenvalue weighted by Gasteiger charge is -2.40. The predicted molar refractivity (Wildman–Crippen MR) is 180 cm³/mol. The molecule has 264 valence electrons. The van der Waals surface area contributed by atoms with Gasteiger partial charge in [-0.05, 0) is 44.9 Å². The summed E-state index contributed by atoms with van der Waals surface area (Å²) in [5.74, 6) is -0.199. The normalized spacial score (nSPS) is 23.6. The van der Waals surface area contributed by atoms with Crippen molar-refractivity contribution < 1.29 is 39.8 Å². The number of hydrogen-bond donors (Lipinski definition) is 6. The second-order valence-electron chi connectivity index (χ2n) is 12.7. The van der Waals surface area contributed by atoms with E-state index < -0.39 is 49.5 Å². The Morgan fingerprint density at radius 1 is 0.733 bits per heavy atom. The zero-order valence-corrected chi connectivity index (χ0v) is 28.4. The van der Waals surface area contributed by atoms with Crippen LogP contribution in [0.3, 0.4) is 0 Å². The average molecular weight is 642 g/mol. The summed E-state index contributed by atoms with van der Waals surface area (Å²) in [6, 6.07) is -0.805. The fourth-order valence-electron chi connectivity index (χ4n) is 5.50.